The Labute approximate surface area is 194 Å². The molecule has 0 atom stereocenters. The van der Waals surface area contributed by atoms with E-state index in [1.165, 1.54) is 0 Å². The Morgan fingerprint density at radius 1 is 0.606 bits per heavy atom. The Kier molecular flexibility index (Phi) is 6.90. The van der Waals surface area contributed by atoms with Gasteiger partial charge in [-0.3, -0.25) is 4.99 Å². The molecule has 0 saturated carbocycles. The zero-order valence-corrected chi connectivity index (χ0v) is 18.9. The minimum atomic E-state index is 0.546. The maximum absolute atomic E-state index is 5.41. The molecule has 0 radical (unpaired) electrons. The Morgan fingerprint density at radius 2 is 1.09 bits per heavy atom. The number of methoxy groups -OCH3 is 3. The van der Waals surface area contributed by atoms with Crippen LogP contribution in [0.1, 0.15) is 5.56 Å². The first-order valence-corrected chi connectivity index (χ1v) is 10.6. The van der Waals surface area contributed by atoms with Gasteiger partial charge < -0.3 is 19.1 Å². The van der Waals surface area contributed by atoms with E-state index in [-0.39, 0.29) is 0 Å². The molecule has 0 N–H and O–H groups in total. The van der Waals surface area contributed by atoms with Crippen molar-refractivity contribution in [2.75, 3.05) is 26.2 Å². The van der Waals surface area contributed by atoms with E-state index in [4.69, 9.17) is 14.2 Å². The van der Waals surface area contributed by atoms with Crippen LogP contribution < -0.4 is 19.1 Å². The quantitative estimate of drug-likeness (QED) is 0.280. The number of nitrogens with zero attached hydrogens (tertiary/aromatic N) is 2. The van der Waals surface area contributed by atoms with Crippen LogP contribution in [0.4, 0.5) is 22.7 Å². The molecule has 5 nitrogen and oxygen atoms in total. The number of hydrogen-bond acceptors (Lipinski definition) is 5. The van der Waals surface area contributed by atoms with Crippen LogP contribution in [0, 0.1) is 0 Å². The summed E-state index contributed by atoms with van der Waals surface area (Å²) in [6.07, 6.45) is 1.82. The number of rotatable bonds is 8. The fourth-order valence-corrected chi connectivity index (χ4v) is 3.60. The van der Waals surface area contributed by atoms with E-state index in [0.29, 0.717) is 22.9 Å². The summed E-state index contributed by atoms with van der Waals surface area (Å²) in [7, 11) is 4.77. The molecule has 0 spiro atoms. The topological polar surface area (TPSA) is 43.3 Å². The molecule has 0 aromatic heterocycles. The molecule has 4 rings (SSSR count). The minimum Gasteiger partial charge on any atom is -0.493 e. The predicted octanol–water partition coefficient (Wildman–Crippen LogP) is 6.93. The molecular weight excluding hydrogens is 412 g/mol. The van der Waals surface area contributed by atoms with Crippen LogP contribution in [0.5, 0.6) is 17.2 Å². The maximum Gasteiger partial charge on any atom is 0.203 e. The predicted molar refractivity (Wildman–Crippen MR) is 134 cm³/mol. The number of hydrogen-bond donors (Lipinski definition) is 0. The lowest BCUT2D eigenvalue weighted by molar-refractivity contribution is 0.324. The lowest BCUT2D eigenvalue weighted by atomic mass is 10.1. The van der Waals surface area contributed by atoms with Crippen LogP contribution >= 0.6 is 0 Å². The van der Waals surface area contributed by atoms with Crippen LogP contribution in [-0.2, 0) is 0 Å². The van der Waals surface area contributed by atoms with E-state index in [0.717, 1.165) is 22.6 Å². The van der Waals surface area contributed by atoms with Crippen molar-refractivity contribution in [1.29, 1.82) is 0 Å². The normalized spacial score (nSPS) is 10.8. The molecule has 0 bridgehead atoms. The summed E-state index contributed by atoms with van der Waals surface area (Å²) in [5.41, 5.74) is 4.96. The van der Waals surface area contributed by atoms with E-state index < -0.39 is 0 Å². The molecule has 0 fully saturated rings. The van der Waals surface area contributed by atoms with Crippen molar-refractivity contribution in [3.8, 4) is 17.2 Å². The fourth-order valence-electron chi connectivity index (χ4n) is 3.60. The summed E-state index contributed by atoms with van der Waals surface area (Å²) in [6.45, 7) is 0. The van der Waals surface area contributed by atoms with Crippen molar-refractivity contribution in [1.82, 2.24) is 0 Å². The van der Waals surface area contributed by atoms with Crippen LogP contribution in [0.2, 0.25) is 0 Å². The fraction of sp³-hybridized carbons (Fsp3) is 0.107. The van der Waals surface area contributed by atoms with E-state index >= 15 is 0 Å². The highest BCUT2D eigenvalue weighted by Gasteiger charge is 2.13. The van der Waals surface area contributed by atoms with Crippen LogP contribution in [0.25, 0.3) is 0 Å². The van der Waals surface area contributed by atoms with Gasteiger partial charge in [-0.2, -0.15) is 0 Å². The first kappa shape index (κ1) is 22.0. The van der Waals surface area contributed by atoms with Gasteiger partial charge in [0, 0.05) is 35.4 Å². The van der Waals surface area contributed by atoms with Gasteiger partial charge in [-0.1, -0.05) is 48.5 Å². The molecule has 4 aromatic carbocycles. The van der Waals surface area contributed by atoms with E-state index in [2.05, 4.69) is 58.4 Å². The molecule has 166 valence electrons. The van der Waals surface area contributed by atoms with Gasteiger partial charge in [0.25, 0.3) is 0 Å². The monoisotopic (exact) mass is 438 g/mol. The summed E-state index contributed by atoms with van der Waals surface area (Å²) in [5.74, 6) is 1.69. The largest absolute Gasteiger partial charge is 0.493 e. The zero-order chi connectivity index (χ0) is 23.0. The Bertz CT molecular complexity index is 1140. The molecule has 33 heavy (non-hydrogen) atoms. The van der Waals surface area contributed by atoms with Gasteiger partial charge >= 0.3 is 0 Å². The van der Waals surface area contributed by atoms with Gasteiger partial charge in [0.2, 0.25) is 5.75 Å². The van der Waals surface area contributed by atoms with E-state index in [1.54, 1.807) is 21.3 Å². The lowest BCUT2D eigenvalue weighted by Crippen LogP contribution is -2.09. The lowest BCUT2D eigenvalue weighted by Gasteiger charge is -2.25. The van der Waals surface area contributed by atoms with Crippen molar-refractivity contribution in [3.05, 3.63) is 103 Å². The summed E-state index contributed by atoms with van der Waals surface area (Å²) in [4.78, 5) is 6.83. The first-order chi connectivity index (χ1) is 16.2. The molecule has 5 heteroatoms. The van der Waals surface area contributed by atoms with Gasteiger partial charge in [-0.05, 0) is 42.0 Å². The molecule has 0 saturated heterocycles. The van der Waals surface area contributed by atoms with Gasteiger partial charge in [-0.15, -0.1) is 0 Å². The highest BCUT2D eigenvalue weighted by molar-refractivity contribution is 5.84. The molecular formula is C28H26N2O3. The number of aliphatic imine (C=N–C) groups is 1. The average molecular weight is 439 g/mol. The zero-order valence-electron chi connectivity index (χ0n) is 18.9. The third-order valence-corrected chi connectivity index (χ3v) is 5.19. The number of ether oxygens (including phenoxy) is 3. The molecule has 4 aromatic rings. The van der Waals surface area contributed by atoms with Crippen molar-refractivity contribution >= 4 is 29.0 Å². The SMILES string of the molecule is COc1cc(N=Cc2ccc(N(c3ccccc3)c3ccccc3)cc2)cc(OC)c1OC. The van der Waals surface area contributed by atoms with Crippen molar-refractivity contribution in [2.45, 2.75) is 0 Å². The molecule has 0 unspecified atom stereocenters. The summed E-state index contributed by atoms with van der Waals surface area (Å²) < 4.78 is 16.2. The smallest absolute Gasteiger partial charge is 0.203 e. The van der Waals surface area contributed by atoms with Gasteiger partial charge in [0.05, 0.1) is 27.0 Å². The average Bonchev–Trinajstić information content (AvgIpc) is 2.89. The van der Waals surface area contributed by atoms with Crippen molar-refractivity contribution in [3.63, 3.8) is 0 Å². The Morgan fingerprint density at radius 3 is 1.55 bits per heavy atom. The highest BCUT2D eigenvalue weighted by Crippen LogP contribution is 2.41. The summed E-state index contributed by atoms with van der Waals surface area (Å²) in [5, 5.41) is 0. The molecule has 0 aliphatic rings. The second kappa shape index (κ2) is 10.4. The van der Waals surface area contributed by atoms with Crippen LogP contribution in [0.3, 0.4) is 0 Å². The Hall–Kier alpha value is -4.25. The Balaban J connectivity index is 1.62. The number of anilines is 3. The van der Waals surface area contributed by atoms with Gasteiger partial charge in [0.1, 0.15) is 0 Å². The van der Waals surface area contributed by atoms with Gasteiger partial charge in [-0.25, -0.2) is 0 Å². The van der Waals surface area contributed by atoms with Crippen molar-refractivity contribution in [2.24, 2.45) is 4.99 Å². The molecule has 0 heterocycles. The molecule has 0 aliphatic carbocycles. The summed E-state index contributed by atoms with van der Waals surface area (Å²) in [6, 6.07) is 32.6. The van der Waals surface area contributed by atoms with Crippen molar-refractivity contribution < 1.29 is 14.2 Å². The number of benzene rings is 4. The van der Waals surface area contributed by atoms with E-state index in [9.17, 15) is 0 Å². The second-order valence-electron chi connectivity index (χ2n) is 7.24. The molecule has 0 aliphatic heterocycles. The molecule has 0 amide bonds. The highest BCUT2D eigenvalue weighted by atomic mass is 16.5. The second-order valence-corrected chi connectivity index (χ2v) is 7.24. The standard InChI is InChI=1S/C28H26N2O3/c1-31-26-18-22(19-27(32-2)28(26)33-3)29-20-21-14-16-25(17-15-21)30(23-10-6-4-7-11-23)24-12-8-5-9-13-24/h4-20H,1-3H3. The third-order valence-electron chi connectivity index (χ3n) is 5.19. The third kappa shape index (κ3) is 4.99. The number of para-hydroxylation sites is 2. The summed E-state index contributed by atoms with van der Waals surface area (Å²) >= 11 is 0. The van der Waals surface area contributed by atoms with Crippen LogP contribution in [0.15, 0.2) is 102 Å². The first-order valence-electron chi connectivity index (χ1n) is 10.6. The minimum absolute atomic E-state index is 0.546. The van der Waals surface area contributed by atoms with Crippen LogP contribution in [-0.4, -0.2) is 27.5 Å². The maximum atomic E-state index is 5.41. The van der Waals surface area contributed by atoms with Gasteiger partial charge in [0.15, 0.2) is 11.5 Å². The van der Waals surface area contributed by atoms with E-state index in [1.807, 2.05) is 54.7 Å².